The van der Waals surface area contributed by atoms with E-state index >= 15 is 0 Å². The summed E-state index contributed by atoms with van der Waals surface area (Å²) < 4.78 is 0. The molecule has 2 rings (SSSR count). The summed E-state index contributed by atoms with van der Waals surface area (Å²) in [7, 11) is 1.84. The molecule has 1 aliphatic heterocycles. The van der Waals surface area contributed by atoms with Crippen molar-refractivity contribution in [3.8, 4) is 0 Å². The first kappa shape index (κ1) is 19.5. The van der Waals surface area contributed by atoms with Gasteiger partial charge in [-0.2, -0.15) is 0 Å². The number of carbonyl (C=O) groups excluding carboxylic acids is 2. The van der Waals surface area contributed by atoms with E-state index in [1.165, 1.54) is 0 Å². The molecule has 1 fully saturated rings. The third kappa shape index (κ3) is 4.69. The lowest BCUT2D eigenvalue weighted by Gasteiger charge is -2.37. The standard InChI is InChI=1S/C17H25N3O2.ClH/c1-13(12-18)16(21)19(2)15-8-10-20(11-9-15)17(22)14-6-4-3-5-7-14;/h3-7,13,15H,8-12,18H2,1-2H3;1H. The minimum atomic E-state index is -0.144. The fourth-order valence-electron chi connectivity index (χ4n) is 2.85. The molecule has 2 N–H and O–H groups in total. The average molecular weight is 340 g/mol. The van der Waals surface area contributed by atoms with Crippen LogP contribution in [0.4, 0.5) is 0 Å². The predicted molar refractivity (Wildman–Crippen MR) is 93.6 cm³/mol. The molecule has 1 atom stereocenters. The Balaban J connectivity index is 0.00000264. The fraction of sp³-hybridized carbons (Fsp3) is 0.529. The number of hydrogen-bond donors (Lipinski definition) is 1. The number of nitrogens with zero attached hydrogens (tertiary/aromatic N) is 2. The maximum atomic E-state index is 12.4. The average Bonchev–Trinajstić information content (AvgIpc) is 2.60. The fourth-order valence-corrected chi connectivity index (χ4v) is 2.85. The van der Waals surface area contributed by atoms with Crippen LogP contribution in [0.1, 0.15) is 30.1 Å². The number of benzene rings is 1. The number of carbonyl (C=O) groups is 2. The zero-order valence-electron chi connectivity index (χ0n) is 13.8. The van der Waals surface area contributed by atoms with Gasteiger partial charge in [-0.25, -0.2) is 0 Å². The lowest BCUT2D eigenvalue weighted by atomic mass is 10.0. The molecule has 0 saturated carbocycles. The van der Waals surface area contributed by atoms with Crippen molar-refractivity contribution in [2.75, 3.05) is 26.7 Å². The molecule has 1 unspecified atom stereocenters. The van der Waals surface area contributed by atoms with E-state index in [2.05, 4.69) is 0 Å². The Bertz CT molecular complexity index is 516. The van der Waals surface area contributed by atoms with Crippen LogP contribution in [0.25, 0.3) is 0 Å². The maximum absolute atomic E-state index is 12.4. The molecule has 128 valence electrons. The molecule has 0 aromatic heterocycles. The van der Waals surface area contributed by atoms with E-state index in [-0.39, 0.29) is 36.2 Å². The molecular formula is C17H26ClN3O2. The topological polar surface area (TPSA) is 66.6 Å². The SMILES string of the molecule is CC(CN)C(=O)N(C)C1CCN(C(=O)c2ccccc2)CC1.Cl. The molecule has 2 amide bonds. The van der Waals surface area contributed by atoms with Gasteiger partial charge in [-0.1, -0.05) is 25.1 Å². The molecule has 23 heavy (non-hydrogen) atoms. The van der Waals surface area contributed by atoms with E-state index in [4.69, 9.17) is 5.73 Å². The van der Waals surface area contributed by atoms with Crippen molar-refractivity contribution >= 4 is 24.2 Å². The van der Waals surface area contributed by atoms with Crippen LogP contribution in [-0.4, -0.2) is 54.3 Å². The molecule has 1 aromatic carbocycles. The van der Waals surface area contributed by atoms with E-state index in [1.807, 2.05) is 54.1 Å². The van der Waals surface area contributed by atoms with Gasteiger partial charge in [-0.3, -0.25) is 9.59 Å². The second-order valence-electron chi connectivity index (χ2n) is 5.98. The number of likely N-dealkylation sites (tertiary alicyclic amines) is 1. The first-order chi connectivity index (χ1) is 10.5. The molecular weight excluding hydrogens is 314 g/mol. The highest BCUT2D eigenvalue weighted by molar-refractivity contribution is 5.94. The monoisotopic (exact) mass is 339 g/mol. The Morgan fingerprint density at radius 3 is 2.35 bits per heavy atom. The number of nitrogens with two attached hydrogens (primary N) is 1. The molecule has 0 spiro atoms. The summed E-state index contributed by atoms with van der Waals surface area (Å²) in [6, 6.07) is 9.53. The van der Waals surface area contributed by atoms with Crippen molar-refractivity contribution in [1.29, 1.82) is 0 Å². The summed E-state index contributed by atoms with van der Waals surface area (Å²) in [5, 5.41) is 0. The lowest BCUT2D eigenvalue weighted by Crippen LogP contribution is -2.49. The molecule has 0 bridgehead atoms. The Morgan fingerprint density at radius 2 is 1.83 bits per heavy atom. The molecule has 0 aliphatic carbocycles. The minimum Gasteiger partial charge on any atom is -0.342 e. The van der Waals surface area contributed by atoms with Crippen LogP contribution in [0.15, 0.2) is 30.3 Å². The first-order valence-corrected chi connectivity index (χ1v) is 7.85. The van der Waals surface area contributed by atoms with Crippen molar-refractivity contribution in [1.82, 2.24) is 9.80 Å². The maximum Gasteiger partial charge on any atom is 0.253 e. The number of hydrogen-bond acceptors (Lipinski definition) is 3. The Hall–Kier alpha value is -1.59. The van der Waals surface area contributed by atoms with Gasteiger partial charge in [0.25, 0.3) is 5.91 Å². The van der Waals surface area contributed by atoms with Crippen molar-refractivity contribution < 1.29 is 9.59 Å². The second-order valence-corrected chi connectivity index (χ2v) is 5.98. The summed E-state index contributed by atoms with van der Waals surface area (Å²) in [6.45, 7) is 3.60. The molecule has 0 radical (unpaired) electrons. The summed E-state index contributed by atoms with van der Waals surface area (Å²) in [5.41, 5.74) is 6.29. The third-order valence-electron chi connectivity index (χ3n) is 4.44. The molecule has 1 aromatic rings. The first-order valence-electron chi connectivity index (χ1n) is 7.85. The smallest absolute Gasteiger partial charge is 0.253 e. The Labute approximate surface area is 144 Å². The van der Waals surface area contributed by atoms with E-state index < -0.39 is 0 Å². The van der Waals surface area contributed by atoms with Gasteiger partial charge < -0.3 is 15.5 Å². The highest BCUT2D eigenvalue weighted by Gasteiger charge is 2.29. The van der Waals surface area contributed by atoms with Crippen LogP contribution in [0.3, 0.4) is 0 Å². The van der Waals surface area contributed by atoms with Crippen LogP contribution < -0.4 is 5.73 Å². The van der Waals surface area contributed by atoms with Crippen LogP contribution in [0.5, 0.6) is 0 Å². The molecule has 1 aliphatic rings. The molecule has 6 heteroatoms. The van der Waals surface area contributed by atoms with Gasteiger partial charge in [0.15, 0.2) is 0 Å². The largest absolute Gasteiger partial charge is 0.342 e. The van der Waals surface area contributed by atoms with Gasteiger partial charge in [0.2, 0.25) is 5.91 Å². The van der Waals surface area contributed by atoms with Crippen LogP contribution >= 0.6 is 12.4 Å². The van der Waals surface area contributed by atoms with Gasteiger partial charge >= 0.3 is 0 Å². The highest BCUT2D eigenvalue weighted by atomic mass is 35.5. The summed E-state index contributed by atoms with van der Waals surface area (Å²) in [6.07, 6.45) is 1.64. The minimum absolute atomic E-state index is 0. The highest BCUT2D eigenvalue weighted by Crippen LogP contribution is 2.19. The summed E-state index contributed by atoms with van der Waals surface area (Å²) in [5.74, 6) is 0.0210. The van der Waals surface area contributed by atoms with Gasteiger partial charge in [0, 0.05) is 44.2 Å². The van der Waals surface area contributed by atoms with Crippen LogP contribution in [0, 0.1) is 5.92 Å². The third-order valence-corrected chi connectivity index (χ3v) is 4.44. The lowest BCUT2D eigenvalue weighted by molar-refractivity contribution is -0.136. The van der Waals surface area contributed by atoms with Gasteiger partial charge in [-0.15, -0.1) is 12.4 Å². The van der Waals surface area contributed by atoms with Crippen molar-refractivity contribution in [3.63, 3.8) is 0 Å². The number of halogens is 1. The zero-order chi connectivity index (χ0) is 16.1. The molecule has 1 saturated heterocycles. The number of rotatable bonds is 4. The van der Waals surface area contributed by atoms with Gasteiger partial charge in [0.1, 0.15) is 0 Å². The molecule has 1 heterocycles. The van der Waals surface area contributed by atoms with Crippen LogP contribution in [0.2, 0.25) is 0 Å². The summed E-state index contributed by atoms with van der Waals surface area (Å²) >= 11 is 0. The van der Waals surface area contributed by atoms with Gasteiger partial charge in [0.05, 0.1) is 0 Å². The zero-order valence-corrected chi connectivity index (χ0v) is 14.6. The quantitative estimate of drug-likeness (QED) is 0.909. The second kappa shape index (κ2) is 8.89. The normalized spacial score (nSPS) is 16.4. The molecule has 5 nitrogen and oxygen atoms in total. The Kier molecular flexibility index (Phi) is 7.52. The van der Waals surface area contributed by atoms with Crippen molar-refractivity contribution in [2.45, 2.75) is 25.8 Å². The van der Waals surface area contributed by atoms with E-state index in [0.29, 0.717) is 19.6 Å². The summed E-state index contributed by atoms with van der Waals surface area (Å²) in [4.78, 5) is 28.2. The van der Waals surface area contributed by atoms with Gasteiger partial charge in [-0.05, 0) is 25.0 Å². The van der Waals surface area contributed by atoms with E-state index in [0.717, 1.165) is 18.4 Å². The van der Waals surface area contributed by atoms with Crippen molar-refractivity contribution in [3.05, 3.63) is 35.9 Å². The van der Waals surface area contributed by atoms with E-state index in [1.54, 1.807) is 0 Å². The number of piperidine rings is 1. The van der Waals surface area contributed by atoms with E-state index in [9.17, 15) is 9.59 Å². The Morgan fingerprint density at radius 1 is 1.26 bits per heavy atom. The van der Waals surface area contributed by atoms with Crippen LogP contribution in [-0.2, 0) is 4.79 Å². The van der Waals surface area contributed by atoms with Crippen molar-refractivity contribution in [2.24, 2.45) is 11.7 Å². The number of amides is 2. The predicted octanol–water partition coefficient (Wildman–Crippen LogP) is 1.77.